The Bertz CT molecular complexity index is 1390. The van der Waals surface area contributed by atoms with Gasteiger partial charge in [-0.05, 0) is 40.3 Å². The van der Waals surface area contributed by atoms with Crippen LogP contribution in [-0.2, 0) is 0 Å². The third kappa shape index (κ3) is 2.39. The average molecular weight is 374 g/mol. The summed E-state index contributed by atoms with van der Waals surface area (Å²) in [5.74, 6) is 0.0146. The van der Waals surface area contributed by atoms with Crippen LogP contribution >= 0.6 is 0 Å². The summed E-state index contributed by atoms with van der Waals surface area (Å²) >= 11 is 0. The second kappa shape index (κ2) is 6.18. The summed E-state index contributed by atoms with van der Waals surface area (Å²) in [6.07, 6.45) is 5.12. The van der Waals surface area contributed by atoms with Crippen LogP contribution in [0.3, 0.4) is 0 Å². The van der Waals surface area contributed by atoms with E-state index < -0.39 is 0 Å². The van der Waals surface area contributed by atoms with E-state index >= 15 is 0 Å². The molecule has 2 bridgehead atoms. The van der Waals surface area contributed by atoms with Gasteiger partial charge in [-0.25, -0.2) is 4.79 Å². The Morgan fingerprint density at radius 3 is 2.48 bits per heavy atom. The Hall–Kier alpha value is -3.65. The molecule has 1 aromatic heterocycles. The summed E-state index contributed by atoms with van der Waals surface area (Å²) in [6, 6.07) is 26.8. The van der Waals surface area contributed by atoms with Gasteiger partial charge >= 0.3 is 5.63 Å². The molecular formula is C27H18O2. The van der Waals surface area contributed by atoms with Crippen LogP contribution in [0.25, 0.3) is 28.2 Å². The second-order valence-electron chi connectivity index (χ2n) is 7.65. The minimum Gasteiger partial charge on any atom is -0.422 e. The van der Waals surface area contributed by atoms with Crippen LogP contribution in [0.5, 0.6) is 0 Å². The lowest BCUT2D eigenvalue weighted by atomic mass is 9.75. The molecule has 0 saturated heterocycles. The van der Waals surface area contributed by atoms with E-state index in [2.05, 4.69) is 66.7 Å². The van der Waals surface area contributed by atoms with Gasteiger partial charge in [-0.3, -0.25) is 0 Å². The third-order valence-corrected chi connectivity index (χ3v) is 6.05. The molecule has 1 atom stereocenters. The van der Waals surface area contributed by atoms with Gasteiger partial charge in [0.1, 0.15) is 5.58 Å². The summed E-state index contributed by atoms with van der Waals surface area (Å²) < 4.78 is 5.74. The van der Waals surface area contributed by atoms with Crippen LogP contribution in [-0.4, -0.2) is 0 Å². The Morgan fingerprint density at radius 1 is 0.828 bits per heavy atom. The maximum atomic E-state index is 13.1. The van der Waals surface area contributed by atoms with E-state index in [1.54, 1.807) is 0 Å². The number of para-hydroxylation sites is 1. The molecule has 2 heteroatoms. The van der Waals surface area contributed by atoms with Gasteiger partial charge < -0.3 is 4.42 Å². The molecule has 2 aliphatic rings. The molecular weight excluding hydrogens is 356 g/mol. The average Bonchev–Trinajstić information content (AvgIpc) is 2.92. The fraction of sp³-hybridized carbons (Fsp3) is 0.0741. The first-order valence-corrected chi connectivity index (χ1v) is 9.93. The zero-order valence-electron chi connectivity index (χ0n) is 15.8. The zero-order valence-corrected chi connectivity index (χ0v) is 15.8. The summed E-state index contributed by atoms with van der Waals surface area (Å²) in [7, 11) is 0. The minimum absolute atomic E-state index is 0.0146. The molecule has 0 amide bonds. The molecule has 2 nitrogen and oxygen atoms in total. The summed E-state index contributed by atoms with van der Waals surface area (Å²) in [4.78, 5) is 13.1. The number of hydrogen-bond donors (Lipinski definition) is 0. The molecule has 0 aliphatic heterocycles. The molecule has 0 radical (unpaired) electrons. The molecule has 3 aromatic carbocycles. The predicted octanol–water partition coefficient (Wildman–Crippen LogP) is 6.27. The highest BCUT2D eigenvalue weighted by Gasteiger charge is 2.33. The van der Waals surface area contributed by atoms with Gasteiger partial charge in [0, 0.05) is 16.9 Å². The Balaban J connectivity index is 1.84. The highest BCUT2D eigenvalue weighted by molar-refractivity contribution is 6.09. The zero-order chi connectivity index (χ0) is 19.4. The molecule has 4 aromatic rings. The van der Waals surface area contributed by atoms with Gasteiger partial charge in [0.05, 0.1) is 5.56 Å². The van der Waals surface area contributed by atoms with Crippen LogP contribution in [0.4, 0.5) is 0 Å². The second-order valence-corrected chi connectivity index (χ2v) is 7.65. The van der Waals surface area contributed by atoms with E-state index in [1.165, 1.54) is 16.7 Å². The van der Waals surface area contributed by atoms with E-state index in [-0.39, 0.29) is 11.5 Å². The van der Waals surface area contributed by atoms with Crippen LogP contribution < -0.4 is 5.63 Å². The van der Waals surface area contributed by atoms with Crippen LogP contribution in [0, 0.1) is 0 Å². The van der Waals surface area contributed by atoms with Crippen molar-refractivity contribution in [1.29, 1.82) is 0 Å². The topological polar surface area (TPSA) is 30.2 Å². The van der Waals surface area contributed by atoms with Crippen molar-refractivity contribution < 1.29 is 4.42 Å². The maximum Gasteiger partial charge on any atom is 0.340 e. The van der Waals surface area contributed by atoms with Gasteiger partial charge in [0.25, 0.3) is 0 Å². The van der Waals surface area contributed by atoms with Crippen molar-refractivity contribution in [2.24, 2.45) is 0 Å². The van der Waals surface area contributed by atoms with Gasteiger partial charge in [0.2, 0.25) is 0 Å². The first kappa shape index (κ1) is 16.3. The molecule has 138 valence electrons. The van der Waals surface area contributed by atoms with Crippen molar-refractivity contribution in [1.82, 2.24) is 0 Å². The first-order valence-electron chi connectivity index (χ1n) is 9.93. The molecule has 29 heavy (non-hydrogen) atoms. The highest BCUT2D eigenvalue weighted by Crippen LogP contribution is 2.49. The molecule has 1 heterocycles. The van der Waals surface area contributed by atoms with Gasteiger partial charge in [-0.2, -0.15) is 0 Å². The van der Waals surface area contributed by atoms with E-state index in [0.29, 0.717) is 5.58 Å². The smallest absolute Gasteiger partial charge is 0.340 e. The lowest BCUT2D eigenvalue weighted by molar-refractivity contribution is 0.544. The molecule has 0 spiro atoms. The molecule has 6 rings (SSSR count). The standard InChI is InChI=1S/C27H18O2/c28-27-25-19-15-14-17-8-4-5-11-20(17)22(16-19)24(18-9-2-1-3-10-18)26(25)21-12-6-7-13-23(21)29-27/h1-15,19H,16H2. The number of benzene rings is 3. The van der Waals surface area contributed by atoms with Crippen molar-refractivity contribution in [3.05, 3.63) is 123 Å². The fourth-order valence-electron chi connectivity index (χ4n) is 4.81. The number of hydrogen-bond acceptors (Lipinski definition) is 2. The normalized spacial score (nSPS) is 17.0. The SMILES string of the molecule is O=c1oc2ccccc2c2c1C1C=Cc3ccccc3C(=C2c2ccccc2)C1. The van der Waals surface area contributed by atoms with Gasteiger partial charge in [-0.1, -0.05) is 84.9 Å². The number of fused-ring (bicyclic) bond motifs is 8. The highest BCUT2D eigenvalue weighted by atomic mass is 16.4. The number of rotatable bonds is 1. The largest absolute Gasteiger partial charge is 0.422 e. The summed E-state index contributed by atoms with van der Waals surface area (Å²) in [5, 5.41) is 0.996. The summed E-state index contributed by atoms with van der Waals surface area (Å²) in [6.45, 7) is 0. The van der Waals surface area contributed by atoms with Crippen molar-refractivity contribution in [3.63, 3.8) is 0 Å². The molecule has 0 N–H and O–H groups in total. The summed E-state index contributed by atoms with van der Waals surface area (Å²) in [5.41, 5.74) is 8.23. The molecule has 1 unspecified atom stereocenters. The molecule has 0 fully saturated rings. The van der Waals surface area contributed by atoms with Gasteiger partial charge in [-0.15, -0.1) is 0 Å². The number of allylic oxidation sites excluding steroid dienone is 2. The minimum atomic E-state index is -0.230. The van der Waals surface area contributed by atoms with Crippen LogP contribution in [0.15, 0.2) is 94.2 Å². The van der Waals surface area contributed by atoms with E-state index in [9.17, 15) is 4.79 Å². The monoisotopic (exact) mass is 374 g/mol. The molecule has 2 aliphatic carbocycles. The van der Waals surface area contributed by atoms with Crippen molar-refractivity contribution in [3.8, 4) is 0 Å². The van der Waals surface area contributed by atoms with Crippen LogP contribution in [0.2, 0.25) is 0 Å². The quantitative estimate of drug-likeness (QED) is 0.368. The van der Waals surface area contributed by atoms with Crippen LogP contribution in [0.1, 0.15) is 40.2 Å². The van der Waals surface area contributed by atoms with E-state index in [4.69, 9.17) is 4.42 Å². The lowest BCUT2D eigenvalue weighted by Gasteiger charge is -2.28. The van der Waals surface area contributed by atoms with Crippen molar-refractivity contribution in [2.45, 2.75) is 12.3 Å². The Morgan fingerprint density at radius 2 is 1.59 bits per heavy atom. The van der Waals surface area contributed by atoms with Crippen molar-refractivity contribution >= 4 is 28.2 Å². The Labute approximate surface area is 168 Å². The Kier molecular flexibility index (Phi) is 3.48. The fourth-order valence-corrected chi connectivity index (χ4v) is 4.81. The third-order valence-electron chi connectivity index (χ3n) is 6.05. The lowest BCUT2D eigenvalue weighted by Crippen LogP contribution is -2.19. The molecule has 0 saturated carbocycles. The predicted molar refractivity (Wildman–Crippen MR) is 118 cm³/mol. The van der Waals surface area contributed by atoms with Crippen molar-refractivity contribution in [2.75, 3.05) is 0 Å². The maximum absolute atomic E-state index is 13.1. The van der Waals surface area contributed by atoms with E-state index in [1.807, 2.05) is 24.3 Å². The van der Waals surface area contributed by atoms with Gasteiger partial charge in [0.15, 0.2) is 0 Å². The first-order chi connectivity index (χ1) is 14.3. The van der Waals surface area contributed by atoms with E-state index in [0.717, 1.165) is 34.1 Å².